The molecule has 3 aliphatic rings. The Morgan fingerprint density at radius 2 is 1.75 bits per heavy atom. The first kappa shape index (κ1) is 15.9. The molecular weight excluding hydrogens is 300 g/mol. The fourth-order valence-electron chi connectivity index (χ4n) is 4.20. The van der Waals surface area contributed by atoms with Crippen LogP contribution in [0.5, 0.6) is 0 Å². The van der Waals surface area contributed by atoms with Crippen molar-refractivity contribution in [2.45, 2.75) is 51.9 Å². The maximum Gasteiger partial charge on any atom is 0.222 e. The quantitative estimate of drug-likeness (QED) is 0.856. The van der Waals surface area contributed by atoms with Crippen LogP contribution in [0.4, 0.5) is 5.82 Å². The number of hydrogen-bond donors (Lipinski definition) is 0. The van der Waals surface area contributed by atoms with Gasteiger partial charge in [-0.2, -0.15) is 5.10 Å². The van der Waals surface area contributed by atoms with Crippen molar-refractivity contribution in [1.29, 1.82) is 0 Å². The topological polar surface area (TPSA) is 49.3 Å². The van der Waals surface area contributed by atoms with Crippen LogP contribution in [0.2, 0.25) is 0 Å². The number of anilines is 1. The van der Waals surface area contributed by atoms with Crippen LogP contribution in [-0.4, -0.2) is 47.2 Å². The standard InChI is InChI=1S/C19H28N4O/c1-15-2-5-17(21-20-15)22-10-6-19(7-11-22)8-12-23(13-9-19)18(24)14-16-3-4-16/h2,5,16H,3-4,6-14H2,1H3. The molecule has 0 bridgehead atoms. The predicted octanol–water partition coefficient (Wildman–Crippen LogP) is 2.79. The van der Waals surface area contributed by atoms with Crippen molar-refractivity contribution in [2.75, 3.05) is 31.1 Å². The van der Waals surface area contributed by atoms with E-state index < -0.39 is 0 Å². The molecule has 1 saturated carbocycles. The minimum Gasteiger partial charge on any atom is -0.355 e. The Hall–Kier alpha value is -1.65. The van der Waals surface area contributed by atoms with Crippen molar-refractivity contribution in [3.8, 4) is 0 Å². The fraction of sp³-hybridized carbons (Fsp3) is 0.737. The summed E-state index contributed by atoms with van der Waals surface area (Å²) in [5.41, 5.74) is 1.42. The molecule has 1 spiro atoms. The Morgan fingerprint density at radius 1 is 1.08 bits per heavy atom. The van der Waals surface area contributed by atoms with Gasteiger partial charge in [0.05, 0.1) is 5.69 Å². The largest absolute Gasteiger partial charge is 0.355 e. The van der Waals surface area contributed by atoms with Crippen LogP contribution in [0, 0.1) is 18.3 Å². The molecule has 2 saturated heterocycles. The number of hydrogen-bond acceptors (Lipinski definition) is 4. The van der Waals surface area contributed by atoms with Crippen LogP contribution in [0.3, 0.4) is 0 Å². The first-order valence-corrected chi connectivity index (χ1v) is 9.47. The first-order valence-electron chi connectivity index (χ1n) is 9.47. The number of rotatable bonds is 3. The van der Waals surface area contributed by atoms with E-state index in [2.05, 4.69) is 26.1 Å². The number of aryl methyl sites for hydroxylation is 1. The fourth-order valence-corrected chi connectivity index (χ4v) is 4.20. The number of carbonyl (C=O) groups is 1. The Morgan fingerprint density at radius 3 is 2.33 bits per heavy atom. The summed E-state index contributed by atoms with van der Waals surface area (Å²) >= 11 is 0. The Kier molecular flexibility index (Phi) is 4.19. The molecule has 130 valence electrons. The van der Waals surface area contributed by atoms with E-state index in [1.54, 1.807) is 0 Å². The van der Waals surface area contributed by atoms with Crippen LogP contribution >= 0.6 is 0 Å². The van der Waals surface area contributed by atoms with Gasteiger partial charge in [0.2, 0.25) is 5.91 Å². The molecule has 0 radical (unpaired) electrons. The van der Waals surface area contributed by atoms with E-state index in [4.69, 9.17) is 0 Å². The number of amides is 1. The molecule has 3 heterocycles. The van der Waals surface area contributed by atoms with Crippen molar-refractivity contribution < 1.29 is 4.79 Å². The van der Waals surface area contributed by atoms with Crippen molar-refractivity contribution >= 4 is 11.7 Å². The highest BCUT2D eigenvalue weighted by molar-refractivity contribution is 5.76. The average molecular weight is 328 g/mol. The maximum absolute atomic E-state index is 12.3. The average Bonchev–Trinajstić information content (AvgIpc) is 3.41. The van der Waals surface area contributed by atoms with E-state index in [9.17, 15) is 4.79 Å². The SMILES string of the molecule is Cc1ccc(N2CCC3(CCN(C(=O)CC4CC4)CC3)CC2)nn1. The van der Waals surface area contributed by atoms with E-state index in [1.165, 1.54) is 38.5 Å². The van der Waals surface area contributed by atoms with Gasteiger partial charge in [-0.25, -0.2) is 0 Å². The van der Waals surface area contributed by atoms with Crippen molar-refractivity contribution in [3.05, 3.63) is 17.8 Å². The van der Waals surface area contributed by atoms with Crippen molar-refractivity contribution in [1.82, 2.24) is 15.1 Å². The van der Waals surface area contributed by atoms with Gasteiger partial charge in [-0.05, 0) is 68.9 Å². The Balaban J connectivity index is 1.29. The summed E-state index contributed by atoms with van der Waals surface area (Å²) in [6.07, 6.45) is 8.11. The van der Waals surface area contributed by atoms with Gasteiger partial charge in [0.15, 0.2) is 5.82 Å². The molecular formula is C19H28N4O. The van der Waals surface area contributed by atoms with Crippen molar-refractivity contribution in [3.63, 3.8) is 0 Å². The van der Waals surface area contributed by atoms with E-state index in [0.717, 1.165) is 44.1 Å². The number of likely N-dealkylation sites (tertiary alicyclic amines) is 1. The third-order valence-electron chi connectivity index (χ3n) is 6.27. The molecule has 4 rings (SSSR count). The molecule has 2 aliphatic heterocycles. The predicted molar refractivity (Wildman–Crippen MR) is 93.8 cm³/mol. The van der Waals surface area contributed by atoms with E-state index in [1.807, 2.05) is 13.0 Å². The zero-order chi connectivity index (χ0) is 16.6. The lowest BCUT2D eigenvalue weighted by Crippen LogP contribution is -2.48. The molecule has 5 nitrogen and oxygen atoms in total. The zero-order valence-electron chi connectivity index (χ0n) is 14.7. The summed E-state index contributed by atoms with van der Waals surface area (Å²) in [5.74, 6) is 2.11. The number of aromatic nitrogens is 2. The summed E-state index contributed by atoms with van der Waals surface area (Å²) < 4.78 is 0. The van der Waals surface area contributed by atoms with Gasteiger partial charge in [-0.1, -0.05) is 0 Å². The summed E-state index contributed by atoms with van der Waals surface area (Å²) in [6, 6.07) is 4.12. The van der Waals surface area contributed by atoms with Crippen LogP contribution in [0.15, 0.2) is 12.1 Å². The number of carbonyl (C=O) groups excluding carboxylic acids is 1. The molecule has 1 aromatic rings. The molecule has 24 heavy (non-hydrogen) atoms. The molecule has 0 atom stereocenters. The molecule has 5 heteroatoms. The molecule has 1 aromatic heterocycles. The third kappa shape index (κ3) is 3.40. The molecule has 0 N–H and O–H groups in total. The van der Waals surface area contributed by atoms with E-state index >= 15 is 0 Å². The molecule has 0 aromatic carbocycles. The molecule has 0 unspecified atom stereocenters. The Labute approximate surface area is 144 Å². The van der Waals surface area contributed by atoms with Gasteiger partial charge in [0.25, 0.3) is 0 Å². The molecule has 1 aliphatic carbocycles. The van der Waals surface area contributed by atoms with Gasteiger partial charge in [-0.15, -0.1) is 5.10 Å². The highest BCUT2D eigenvalue weighted by atomic mass is 16.2. The minimum atomic E-state index is 0.403. The molecule has 3 fully saturated rings. The Bertz CT molecular complexity index is 578. The van der Waals surface area contributed by atoms with Crippen LogP contribution in [0.1, 0.15) is 50.6 Å². The first-order chi connectivity index (χ1) is 11.6. The van der Waals surface area contributed by atoms with Gasteiger partial charge in [0, 0.05) is 32.6 Å². The minimum absolute atomic E-state index is 0.403. The number of piperidine rings is 2. The molecule has 1 amide bonds. The maximum atomic E-state index is 12.3. The summed E-state index contributed by atoms with van der Waals surface area (Å²) in [5, 5.41) is 8.51. The highest BCUT2D eigenvalue weighted by Gasteiger charge is 2.39. The van der Waals surface area contributed by atoms with Gasteiger partial charge in [-0.3, -0.25) is 4.79 Å². The third-order valence-corrected chi connectivity index (χ3v) is 6.27. The highest BCUT2D eigenvalue weighted by Crippen LogP contribution is 2.42. The normalized spacial score (nSPS) is 23.5. The van der Waals surface area contributed by atoms with Gasteiger partial charge in [0.1, 0.15) is 0 Å². The van der Waals surface area contributed by atoms with Crippen molar-refractivity contribution in [2.24, 2.45) is 11.3 Å². The van der Waals surface area contributed by atoms with Crippen LogP contribution in [-0.2, 0) is 4.79 Å². The lowest BCUT2D eigenvalue weighted by molar-refractivity contribution is -0.134. The smallest absolute Gasteiger partial charge is 0.222 e. The van der Waals surface area contributed by atoms with Crippen LogP contribution in [0.25, 0.3) is 0 Å². The van der Waals surface area contributed by atoms with Gasteiger partial charge < -0.3 is 9.80 Å². The lowest BCUT2D eigenvalue weighted by Gasteiger charge is -2.47. The summed E-state index contributed by atoms with van der Waals surface area (Å²) in [7, 11) is 0. The van der Waals surface area contributed by atoms with E-state index in [-0.39, 0.29) is 0 Å². The summed E-state index contributed by atoms with van der Waals surface area (Å²) in [4.78, 5) is 16.8. The monoisotopic (exact) mass is 328 g/mol. The van der Waals surface area contributed by atoms with Gasteiger partial charge >= 0.3 is 0 Å². The second kappa shape index (κ2) is 6.34. The van der Waals surface area contributed by atoms with Crippen LogP contribution < -0.4 is 4.90 Å². The number of nitrogens with zero attached hydrogens (tertiary/aromatic N) is 4. The lowest BCUT2D eigenvalue weighted by atomic mass is 9.71. The zero-order valence-corrected chi connectivity index (χ0v) is 14.7. The second-order valence-electron chi connectivity index (χ2n) is 8.05. The second-order valence-corrected chi connectivity index (χ2v) is 8.05. The van der Waals surface area contributed by atoms with E-state index in [0.29, 0.717) is 17.2 Å². The summed E-state index contributed by atoms with van der Waals surface area (Å²) in [6.45, 7) is 6.04.